The molecule has 0 amide bonds. The van der Waals surface area contributed by atoms with Crippen LogP contribution in [0.25, 0.3) is 0 Å². The molecule has 2 nitrogen and oxygen atoms in total. The van der Waals surface area contributed by atoms with Crippen molar-refractivity contribution >= 4 is 5.97 Å². The highest BCUT2D eigenvalue weighted by Crippen LogP contribution is 2.22. The van der Waals surface area contributed by atoms with Crippen LogP contribution >= 0.6 is 0 Å². The molecule has 1 N–H and O–H groups in total. The van der Waals surface area contributed by atoms with E-state index >= 15 is 0 Å². The first-order chi connectivity index (χ1) is 9.60. The highest BCUT2D eigenvalue weighted by atomic mass is 19.1. The van der Waals surface area contributed by atoms with Gasteiger partial charge in [0.05, 0.1) is 5.92 Å². The summed E-state index contributed by atoms with van der Waals surface area (Å²) in [6, 6.07) is 13.7. The first kappa shape index (κ1) is 14.3. The Morgan fingerprint density at radius 1 is 1.15 bits per heavy atom. The lowest BCUT2D eigenvalue weighted by Gasteiger charge is -2.13. The summed E-state index contributed by atoms with van der Waals surface area (Å²) in [5, 5.41) is 9.36. The van der Waals surface area contributed by atoms with E-state index in [2.05, 4.69) is 6.92 Å². The lowest BCUT2D eigenvalue weighted by atomic mass is 9.91. The summed E-state index contributed by atoms with van der Waals surface area (Å²) in [5.74, 6) is -2.07. The number of carbonyl (C=O) groups is 1. The van der Waals surface area contributed by atoms with E-state index in [-0.39, 0.29) is 0 Å². The van der Waals surface area contributed by atoms with E-state index in [1.54, 1.807) is 12.1 Å². The fraction of sp³-hybridized carbons (Fsp3) is 0.235. The molecule has 0 heterocycles. The Bertz CT molecular complexity index is 590. The molecular formula is C17H17FO2. The number of rotatable bonds is 5. The van der Waals surface area contributed by atoms with Crippen molar-refractivity contribution < 1.29 is 14.3 Å². The van der Waals surface area contributed by atoms with Crippen LogP contribution in [-0.2, 0) is 17.6 Å². The van der Waals surface area contributed by atoms with Crippen LogP contribution in [0, 0.1) is 5.82 Å². The Morgan fingerprint density at radius 3 is 2.35 bits per heavy atom. The maximum atomic E-state index is 13.2. The van der Waals surface area contributed by atoms with Crippen molar-refractivity contribution in [1.29, 1.82) is 0 Å². The van der Waals surface area contributed by atoms with Gasteiger partial charge in [0.1, 0.15) is 5.82 Å². The molecule has 0 spiro atoms. The van der Waals surface area contributed by atoms with Crippen molar-refractivity contribution in [3.8, 4) is 0 Å². The van der Waals surface area contributed by atoms with E-state index < -0.39 is 17.7 Å². The molecule has 0 fully saturated rings. The third kappa shape index (κ3) is 3.44. The zero-order chi connectivity index (χ0) is 14.5. The molecule has 1 atom stereocenters. The average Bonchev–Trinajstić information content (AvgIpc) is 2.45. The Morgan fingerprint density at radius 2 is 1.80 bits per heavy atom. The molecule has 0 radical (unpaired) electrons. The van der Waals surface area contributed by atoms with Gasteiger partial charge in [-0.1, -0.05) is 43.3 Å². The molecule has 2 rings (SSSR count). The molecule has 1 unspecified atom stereocenters. The number of hydrogen-bond acceptors (Lipinski definition) is 1. The van der Waals surface area contributed by atoms with Crippen LogP contribution in [0.15, 0.2) is 48.5 Å². The van der Waals surface area contributed by atoms with E-state index in [9.17, 15) is 14.3 Å². The van der Waals surface area contributed by atoms with Crippen molar-refractivity contribution in [2.75, 3.05) is 0 Å². The maximum Gasteiger partial charge on any atom is 0.311 e. The highest BCUT2D eigenvalue weighted by Gasteiger charge is 2.20. The van der Waals surface area contributed by atoms with Crippen LogP contribution in [0.1, 0.15) is 29.5 Å². The predicted molar refractivity (Wildman–Crippen MR) is 76.3 cm³/mol. The Hall–Kier alpha value is -2.16. The minimum atomic E-state index is -0.935. The number of hydrogen-bond donors (Lipinski definition) is 1. The zero-order valence-electron chi connectivity index (χ0n) is 11.3. The molecule has 0 saturated heterocycles. The zero-order valence-corrected chi connectivity index (χ0v) is 11.3. The van der Waals surface area contributed by atoms with Crippen LogP contribution in [0.2, 0.25) is 0 Å². The monoisotopic (exact) mass is 272 g/mol. The van der Waals surface area contributed by atoms with Gasteiger partial charge >= 0.3 is 5.97 Å². The van der Waals surface area contributed by atoms with Crippen LogP contribution in [0.5, 0.6) is 0 Å². The second-order valence-corrected chi connectivity index (χ2v) is 4.82. The highest BCUT2D eigenvalue weighted by molar-refractivity contribution is 5.76. The van der Waals surface area contributed by atoms with Gasteiger partial charge in [0.2, 0.25) is 0 Å². The topological polar surface area (TPSA) is 37.3 Å². The van der Waals surface area contributed by atoms with Gasteiger partial charge in [0.15, 0.2) is 0 Å². The van der Waals surface area contributed by atoms with E-state index in [1.807, 2.05) is 24.3 Å². The quantitative estimate of drug-likeness (QED) is 0.899. The van der Waals surface area contributed by atoms with Crippen LogP contribution in [0.3, 0.4) is 0 Å². The van der Waals surface area contributed by atoms with Crippen molar-refractivity contribution in [2.24, 2.45) is 0 Å². The smallest absolute Gasteiger partial charge is 0.311 e. The second kappa shape index (κ2) is 6.33. The van der Waals surface area contributed by atoms with E-state index in [1.165, 1.54) is 17.7 Å². The third-order valence-corrected chi connectivity index (χ3v) is 3.42. The van der Waals surface area contributed by atoms with Crippen LogP contribution in [-0.4, -0.2) is 11.1 Å². The molecule has 104 valence electrons. The van der Waals surface area contributed by atoms with Gasteiger partial charge in [0, 0.05) is 0 Å². The van der Waals surface area contributed by atoms with Gasteiger partial charge < -0.3 is 5.11 Å². The SMILES string of the molecule is CCc1ccc(CC(C(=O)O)c2cccc(F)c2)cc1. The minimum absolute atomic E-state index is 0.364. The fourth-order valence-electron chi connectivity index (χ4n) is 2.22. The average molecular weight is 272 g/mol. The lowest BCUT2D eigenvalue weighted by molar-refractivity contribution is -0.138. The summed E-state index contributed by atoms with van der Waals surface area (Å²) < 4.78 is 13.2. The van der Waals surface area contributed by atoms with Gasteiger partial charge in [-0.2, -0.15) is 0 Å². The molecule has 0 aliphatic heterocycles. The summed E-state index contributed by atoms with van der Waals surface area (Å²) >= 11 is 0. The maximum absolute atomic E-state index is 13.2. The first-order valence-corrected chi connectivity index (χ1v) is 6.66. The predicted octanol–water partition coefficient (Wildman–Crippen LogP) is 3.80. The largest absolute Gasteiger partial charge is 0.481 e. The molecule has 0 saturated carbocycles. The van der Waals surface area contributed by atoms with Crippen molar-refractivity contribution in [3.05, 3.63) is 71.0 Å². The Kier molecular flexibility index (Phi) is 4.51. The summed E-state index contributed by atoms with van der Waals surface area (Å²) in [5.41, 5.74) is 2.65. The molecule has 0 bridgehead atoms. The number of aryl methyl sites for hydroxylation is 1. The van der Waals surface area contributed by atoms with Crippen molar-refractivity contribution in [2.45, 2.75) is 25.7 Å². The number of halogens is 1. The van der Waals surface area contributed by atoms with E-state index in [4.69, 9.17) is 0 Å². The van der Waals surface area contributed by atoms with Crippen molar-refractivity contribution in [1.82, 2.24) is 0 Å². The molecular weight excluding hydrogens is 255 g/mol. The summed E-state index contributed by atoms with van der Waals surface area (Å²) in [6.45, 7) is 2.07. The number of carboxylic acids is 1. The van der Waals surface area contributed by atoms with E-state index in [0.29, 0.717) is 12.0 Å². The van der Waals surface area contributed by atoms with Crippen LogP contribution in [0.4, 0.5) is 4.39 Å². The van der Waals surface area contributed by atoms with Crippen molar-refractivity contribution in [3.63, 3.8) is 0 Å². The number of carboxylic acid groups (broad SMARTS) is 1. The fourth-order valence-corrected chi connectivity index (χ4v) is 2.22. The van der Waals surface area contributed by atoms with Gasteiger partial charge in [-0.05, 0) is 41.7 Å². The van der Waals surface area contributed by atoms with Crippen LogP contribution < -0.4 is 0 Å². The molecule has 0 aliphatic rings. The Labute approximate surface area is 117 Å². The minimum Gasteiger partial charge on any atom is -0.481 e. The number of benzene rings is 2. The Balaban J connectivity index is 2.23. The first-order valence-electron chi connectivity index (χ1n) is 6.66. The third-order valence-electron chi connectivity index (χ3n) is 3.42. The molecule has 0 aromatic heterocycles. The molecule has 20 heavy (non-hydrogen) atoms. The standard InChI is InChI=1S/C17H17FO2/c1-2-12-6-8-13(9-7-12)10-16(17(19)20)14-4-3-5-15(18)11-14/h3-9,11,16H,2,10H2,1H3,(H,19,20). The summed E-state index contributed by atoms with van der Waals surface area (Å²) in [6.07, 6.45) is 1.31. The summed E-state index contributed by atoms with van der Waals surface area (Å²) in [7, 11) is 0. The van der Waals surface area contributed by atoms with Gasteiger partial charge in [-0.25, -0.2) is 4.39 Å². The normalized spacial score (nSPS) is 12.1. The van der Waals surface area contributed by atoms with Gasteiger partial charge in [-0.3, -0.25) is 4.79 Å². The second-order valence-electron chi connectivity index (χ2n) is 4.82. The molecule has 2 aromatic carbocycles. The number of aliphatic carboxylic acids is 1. The van der Waals surface area contributed by atoms with Gasteiger partial charge in [0.25, 0.3) is 0 Å². The molecule has 3 heteroatoms. The lowest BCUT2D eigenvalue weighted by Crippen LogP contribution is -2.14. The van der Waals surface area contributed by atoms with E-state index in [0.717, 1.165) is 12.0 Å². The molecule has 0 aliphatic carbocycles. The summed E-state index contributed by atoms with van der Waals surface area (Å²) in [4.78, 5) is 11.4. The molecule has 2 aromatic rings. The van der Waals surface area contributed by atoms with Gasteiger partial charge in [-0.15, -0.1) is 0 Å².